The first kappa shape index (κ1) is 12.5. The zero-order valence-electron chi connectivity index (χ0n) is 8.44. The number of thiazole rings is 1. The average molecular weight is 245 g/mol. The summed E-state index contributed by atoms with van der Waals surface area (Å²) >= 11 is 3.44. The van der Waals surface area contributed by atoms with Crippen molar-refractivity contribution in [3.8, 4) is 0 Å². The normalized spacial score (nSPS) is 10.2. The van der Waals surface area contributed by atoms with Crippen molar-refractivity contribution in [1.29, 1.82) is 0 Å². The summed E-state index contributed by atoms with van der Waals surface area (Å²) in [7, 11) is 0. The molecule has 6 heteroatoms. The second kappa shape index (κ2) is 7.67. The maximum absolute atomic E-state index is 10.8. The summed E-state index contributed by atoms with van der Waals surface area (Å²) in [5.41, 5.74) is 2.13. The number of aromatic nitrogens is 1. The van der Waals surface area contributed by atoms with Crippen LogP contribution in [0.4, 0.5) is 0 Å². The summed E-state index contributed by atoms with van der Waals surface area (Å²) in [4.78, 5) is 15.0. The highest BCUT2D eigenvalue weighted by molar-refractivity contribution is 8.00. The molecule has 0 saturated heterocycles. The van der Waals surface area contributed by atoms with Crippen LogP contribution in [0.15, 0.2) is 15.9 Å². The molecule has 0 unspecified atom stereocenters. The van der Waals surface area contributed by atoms with E-state index < -0.39 is 0 Å². The predicted molar refractivity (Wildman–Crippen MR) is 63.6 cm³/mol. The maximum atomic E-state index is 10.8. The number of nitrogens with two attached hydrogens (primary N) is 1. The highest BCUT2D eigenvalue weighted by atomic mass is 32.2. The molecule has 84 valence electrons. The van der Waals surface area contributed by atoms with E-state index in [1.807, 2.05) is 11.6 Å². The van der Waals surface area contributed by atoms with Crippen molar-refractivity contribution in [2.24, 2.45) is 5.84 Å². The lowest BCUT2D eigenvalue weighted by Gasteiger charge is -1.99. The van der Waals surface area contributed by atoms with E-state index in [2.05, 4.69) is 10.4 Å². The highest BCUT2D eigenvalue weighted by Gasteiger charge is 1.99. The average Bonchev–Trinajstić information content (AvgIpc) is 2.75. The molecule has 3 N–H and O–H groups in total. The zero-order valence-corrected chi connectivity index (χ0v) is 10.1. The lowest BCUT2D eigenvalue weighted by Crippen LogP contribution is -2.29. The molecule has 0 aromatic carbocycles. The van der Waals surface area contributed by atoms with Gasteiger partial charge in [-0.3, -0.25) is 10.2 Å². The molecule has 0 spiro atoms. The lowest BCUT2D eigenvalue weighted by molar-refractivity contribution is -0.121. The minimum Gasteiger partial charge on any atom is -0.294 e. The quantitative estimate of drug-likeness (QED) is 0.253. The van der Waals surface area contributed by atoms with Crippen LogP contribution in [0.1, 0.15) is 25.7 Å². The molecule has 0 aliphatic heterocycles. The largest absolute Gasteiger partial charge is 0.294 e. The van der Waals surface area contributed by atoms with Crippen LogP contribution in [0.5, 0.6) is 0 Å². The second-order valence-corrected chi connectivity index (χ2v) is 5.26. The third-order valence-electron chi connectivity index (χ3n) is 1.84. The Hall–Kier alpha value is -0.590. The summed E-state index contributed by atoms with van der Waals surface area (Å²) in [6, 6.07) is 0. The molecule has 0 bridgehead atoms. The van der Waals surface area contributed by atoms with Gasteiger partial charge in [0.05, 0.1) is 0 Å². The lowest BCUT2D eigenvalue weighted by atomic mass is 10.2. The number of carbonyl (C=O) groups is 1. The first-order valence-corrected chi connectivity index (χ1v) is 6.71. The van der Waals surface area contributed by atoms with E-state index in [1.54, 1.807) is 23.1 Å². The van der Waals surface area contributed by atoms with E-state index in [4.69, 9.17) is 5.84 Å². The summed E-state index contributed by atoms with van der Waals surface area (Å²) in [5.74, 6) is 5.95. The Bertz CT molecular complexity index is 277. The molecular weight excluding hydrogens is 230 g/mol. The number of hydrogen-bond acceptors (Lipinski definition) is 5. The van der Waals surface area contributed by atoms with Gasteiger partial charge in [-0.05, 0) is 12.8 Å². The van der Waals surface area contributed by atoms with Crippen molar-refractivity contribution in [3.05, 3.63) is 11.6 Å². The number of hydrogen-bond donors (Lipinski definition) is 2. The van der Waals surface area contributed by atoms with Crippen LogP contribution in [0, 0.1) is 0 Å². The van der Waals surface area contributed by atoms with E-state index in [0.29, 0.717) is 6.42 Å². The molecule has 1 amide bonds. The summed E-state index contributed by atoms with van der Waals surface area (Å²) < 4.78 is 1.12. The van der Waals surface area contributed by atoms with E-state index in [0.717, 1.165) is 29.4 Å². The van der Waals surface area contributed by atoms with Gasteiger partial charge in [-0.1, -0.05) is 18.2 Å². The van der Waals surface area contributed by atoms with Crippen LogP contribution in [-0.2, 0) is 4.79 Å². The predicted octanol–water partition coefficient (Wildman–Crippen LogP) is 1.79. The standard InChI is InChI=1S/C9H15N3OS2/c10-12-8(13)4-2-1-3-6-14-9-11-5-7-15-9/h5,7H,1-4,6,10H2,(H,12,13). The smallest absolute Gasteiger partial charge is 0.233 e. The Labute approximate surface area is 97.6 Å². The monoisotopic (exact) mass is 245 g/mol. The Morgan fingerprint density at radius 3 is 3.07 bits per heavy atom. The van der Waals surface area contributed by atoms with Crippen molar-refractivity contribution < 1.29 is 4.79 Å². The summed E-state index contributed by atoms with van der Waals surface area (Å²) in [6.45, 7) is 0. The van der Waals surface area contributed by atoms with Gasteiger partial charge in [0.1, 0.15) is 4.34 Å². The Kier molecular flexibility index (Phi) is 6.38. The van der Waals surface area contributed by atoms with Gasteiger partial charge in [-0.25, -0.2) is 10.8 Å². The maximum Gasteiger partial charge on any atom is 0.233 e. The van der Waals surface area contributed by atoms with Crippen molar-refractivity contribution in [3.63, 3.8) is 0 Å². The van der Waals surface area contributed by atoms with Gasteiger partial charge < -0.3 is 0 Å². The van der Waals surface area contributed by atoms with Gasteiger partial charge in [-0.2, -0.15) is 0 Å². The topological polar surface area (TPSA) is 68.0 Å². The fourth-order valence-electron chi connectivity index (χ4n) is 1.08. The first-order valence-electron chi connectivity index (χ1n) is 4.84. The molecule has 0 aliphatic carbocycles. The van der Waals surface area contributed by atoms with Crippen molar-refractivity contribution in [2.75, 3.05) is 5.75 Å². The van der Waals surface area contributed by atoms with Crippen molar-refractivity contribution >= 4 is 29.0 Å². The van der Waals surface area contributed by atoms with Crippen LogP contribution in [0.2, 0.25) is 0 Å². The third kappa shape index (κ3) is 5.76. The molecule has 0 saturated carbocycles. The van der Waals surface area contributed by atoms with Crippen molar-refractivity contribution in [1.82, 2.24) is 10.4 Å². The molecule has 0 atom stereocenters. The molecule has 0 fully saturated rings. The van der Waals surface area contributed by atoms with Gasteiger partial charge in [0.15, 0.2) is 0 Å². The summed E-state index contributed by atoms with van der Waals surface area (Å²) in [5, 5.41) is 1.98. The number of amides is 1. The Morgan fingerprint density at radius 1 is 1.53 bits per heavy atom. The second-order valence-electron chi connectivity index (χ2n) is 3.02. The first-order chi connectivity index (χ1) is 7.33. The zero-order chi connectivity index (χ0) is 10.9. The van der Waals surface area contributed by atoms with Crippen molar-refractivity contribution in [2.45, 2.75) is 30.0 Å². The molecule has 15 heavy (non-hydrogen) atoms. The van der Waals surface area contributed by atoms with Gasteiger partial charge in [0.2, 0.25) is 5.91 Å². The van der Waals surface area contributed by atoms with Crippen LogP contribution >= 0.6 is 23.1 Å². The van der Waals surface area contributed by atoms with Crippen LogP contribution in [0.3, 0.4) is 0 Å². The molecule has 1 rings (SSSR count). The number of unbranched alkanes of at least 4 members (excludes halogenated alkanes) is 2. The molecular formula is C9H15N3OS2. The van der Waals surface area contributed by atoms with Gasteiger partial charge in [-0.15, -0.1) is 11.3 Å². The van der Waals surface area contributed by atoms with Crippen LogP contribution in [-0.4, -0.2) is 16.6 Å². The SMILES string of the molecule is NNC(=O)CCCCCSc1nccs1. The third-order valence-corrected chi connectivity index (χ3v) is 3.90. The number of nitrogens with zero attached hydrogens (tertiary/aromatic N) is 1. The summed E-state index contributed by atoms with van der Waals surface area (Å²) in [6.07, 6.45) is 5.42. The Balaban J connectivity index is 1.91. The Morgan fingerprint density at radius 2 is 2.40 bits per heavy atom. The number of thioether (sulfide) groups is 1. The number of carbonyl (C=O) groups excluding carboxylic acids is 1. The molecule has 0 aliphatic rings. The number of hydrazine groups is 1. The van der Waals surface area contributed by atoms with Crippen LogP contribution < -0.4 is 11.3 Å². The fourth-order valence-corrected chi connectivity index (χ4v) is 2.78. The minimum absolute atomic E-state index is 0.0809. The van der Waals surface area contributed by atoms with Gasteiger partial charge >= 0.3 is 0 Å². The van der Waals surface area contributed by atoms with Gasteiger partial charge in [0, 0.05) is 23.8 Å². The number of rotatable bonds is 7. The van der Waals surface area contributed by atoms with E-state index in [9.17, 15) is 4.79 Å². The molecule has 0 radical (unpaired) electrons. The fraction of sp³-hybridized carbons (Fsp3) is 0.556. The molecule has 4 nitrogen and oxygen atoms in total. The molecule has 1 heterocycles. The van der Waals surface area contributed by atoms with Gasteiger partial charge in [0.25, 0.3) is 0 Å². The molecule has 1 aromatic heterocycles. The number of nitrogens with one attached hydrogen (secondary N) is 1. The van der Waals surface area contributed by atoms with E-state index in [-0.39, 0.29) is 5.91 Å². The van der Waals surface area contributed by atoms with E-state index >= 15 is 0 Å². The van der Waals surface area contributed by atoms with E-state index in [1.165, 1.54) is 0 Å². The van der Waals surface area contributed by atoms with Crippen LogP contribution in [0.25, 0.3) is 0 Å². The minimum atomic E-state index is -0.0809. The molecule has 1 aromatic rings. The highest BCUT2D eigenvalue weighted by Crippen LogP contribution is 2.21.